The smallest absolute Gasteiger partial charge is 0.138 e. The Morgan fingerprint density at radius 3 is 2.33 bits per heavy atom. The van der Waals surface area contributed by atoms with Crippen LogP contribution in [-0.2, 0) is 6.42 Å². The van der Waals surface area contributed by atoms with Crippen LogP contribution < -0.4 is 4.74 Å². The van der Waals surface area contributed by atoms with Crippen molar-refractivity contribution < 1.29 is 4.74 Å². The highest BCUT2D eigenvalue weighted by atomic mass is 16.5. The summed E-state index contributed by atoms with van der Waals surface area (Å²) in [5, 5.41) is 0. The first-order valence-electron chi connectivity index (χ1n) is 8.10. The standard InChI is InChI=1S/C21H18N2O/c1-2-6-16(7-3-1)14-15-24-18-12-10-17(11-13-18)21-22-19-8-4-5-9-20(19)23-21/h1-13H,14-15H2,(H,22,23). The van der Waals surface area contributed by atoms with Crippen molar-refractivity contribution in [2.45, 2.75) is 6.42 Å². The predicted molar refractivity (Wildman–Crippen MR) is 97.2 cm³/mol. The Bertz CT molecular complexity index is 894. The third-order valence-electron chi connectivity index (χ3n) is 4.02. The van der Waals surface area contributed by atoms with Crippen molar-refractivity contribution in [3.63, 3.8) is 0 Å². The first-order chi connectivity index (χ1) is 11.9. The average molecular weight is 314 g/mol. The molecule has 0 atom stereocenters. The molecule has 3 aromatic carbocycles. The van der Waals surface area contributed by atoms with E-state index in [2.05, 4.69) is 34.2 Å². The molecule has 1 aromatic heterocycles. The third-order valence-corrected chi connectivity index (χ3v) is 4.02. The van der Waals surface area contributed by atoms with Gasteiger partial charge in [-0.25, -0.2) is 4.98 Å². The van der Waals surface area contributed by atoms with Crippen LogP contribution in [0.15, 0.2) is 78.9 Å². The summed E-state index contributed by atoms with van der Waals surface area (Å²) < 4.78 is 5.83. The van der Waals surface area contributed by atoms with Crippen LogP contribution in [0.2, 0.25) is 0 Å². The number of aromatic amines is 1. The average Bonchev–Trinajstić information content (AvgIpc) is 3.07. The van der Waals surface area contributed by atoms with E-state index in [9.17, 15) is 0 Å². The number of hydrogen-bond acceptors (Lipinski definition) is 2. The largest absolute Gasteiger partial charge is 0.493 e. The van der Waals surface area contributed by atoms with Crippen LogP contribution in [0.3, 0.4) is 0 Å². The maximum Gasteiger partial charge on any atom is 0.138 e. The van der Waals surface area contributed by atoms with Gasteiger partial charge in [-0.05, 0) is 42.0 Å². The van der Waals surface area contributed by atoms with Gasteiger partial charge in [0.2, 0.25) is 0 Å². The van der Waals surface area contributed by atoms with Crippen molar-refractivity contribution in [2.75, 3.05) is 6.61 Å². The highest BCUT2D eigenvalue weighted by Gasteiger charge is 2.05. The van der Waals surface area contributed by atoms with Crippen molar-refractivity contribution in [1.29, 1.82) is 0 Å². The lowest BCUT2D eigenvalue weighted by molar-refractivity contribution is 0.322. The molecule has 0 amide bonds. The molecule has 24 heavy (non-hydrogen) atoms. The highest BCUT2D eigenvalue weighted by molar-refractivity contribution is 5.79. The molecule has 3 heteroatoms. The zero-order valence-corrected chi connectivity index (χ0v) is 13.3. The Hall–Kier alpha value is -3.07. The summed E-state index contributed by atoms with van der Waals surface area (Å²) in [5.41, 5.74) is 4.38. The molecule has 0 saturated heterocycles. The van der Waals surface area contributed by atoms with Gasteiger partial charge in [0.15, 0.2) is 0 Å². The predicted octanol–water partition coefficient (Wildman–Crippen LogP) is 4.85. The number of ether oxygens (including phenoxy) is 1. The maximum absolute atomic E-state index is 5.83. The molecule has 0 saturated carbocycles. The summed E-state index contributed by atoms with van der Waals surface area (Å²) in [6.07, 6.45) is 0.909. The molecule has 1 heterocycles. The molecular weight excluding hydrogens is 296 g/mol. The molecule has 4 aromatic rings. The molecule has 1 N–H and O–H groups in total. The van der Waals surface area contributed by atoms with E-state index in [0.29, 0.717) is 6.61 Å². The van der Waals surface area contributed by atoms with E-state index in [1.165, 1.54) is 5.56 Å². The lowest BCUT2D eigenvalue weighted by Crippen LogP contribution is -2.01. The van der Waals surface area contributed by atoms with Crippen molar-refractivity contribution in [3.05, 3.63) is 84.4 Å². The number of fused-ring (bicyclic) bond motifs is 1. The minimum absolute atomic E-state index is 0.675. The number of imidazole rings is 1. The Morgan fingerprint density at radius 1 is 0.792 bits per heavy atom. The minimum Gasteiger partial charge on any atom is -0.493 e. The molecule has 4 rings (SSSR count). The van der Waals surface area contributed by atoms with Crippen LogP contribution in [-0.4, -0.2) is 16.6 Å². The van der Waals surface area contributed by atoms with Crippen LogP contribution >= 0.6 is 0 Å². The number of nitrogens with one attached hydrogen (secondary N) is 1. The van der Waals surface area contributed by atoms with Crippen molar-refractivity contribution in [1.82, 2.24) is 9.97 Å². The van der Waals surface area contributed by atoms with E-state index in [1.54, 1.807) is 0 Å². The SMILES string of the molecule is c1ccc(CCOc2ccc(-c3nc4ccccc4[nH]3)cc2)cc1. The van der Waals surface area contributed by atoms with Gasteiger partial charge in [0, 0.05) is 12.0 Å². The minimum atomic E-state index is 0.675. The van der Waals surface area contributed by atoms with Gasteiger partial charge in [-0.1, -0.05) is 42.5 Å². The van der Waals surface area contributed by atoms with E-state index in [4.69, 9.17) is 4.74 Å². The number of rotatable bonds is 5. The normalized spacial score (nSPS) is 10.8. The van der Waals surface area contributed by atoms with Gasteiger partial charge in [0.05, 0.1) is 17.6 Å². The summed E-state index contributed by atoms with van der Waals surface area (Å²) in [7, 11) is 0. The summed E-state index contributed by atoms with van der Waals surface area (Å²) in [6.45, 7) is 0.675. The van der Waals surface area contributed by atoms with Gasteiger partial charge in [-0.2, -0.15) is 0 Å². The Kier molecular flexibility index (Phi) is 3.98. The number of H-pyrrole nitrogens is 1. The molecule has 0 bridgehead atoms. The molecule has 3 nitrogen and oxygen atoms in total. The van der Waals surface area contributed by atoms with Crippen LogP contribution in [0.25, 0.3) is 22.4 Å². The Balaban J connectivity index is 1.42. The fourth-order valence-corrected chi connectivity index (χ4v) is 2.73. The fourth-order valence-electron chi connectivity index (χ4n) is 2.73. The molecule has 0 radical (unpaired) electrons. The van der Waals surface area contributed by atoms with Crippen molar-refractivity contribution >= 4 is 11.0 Å². The van der Waals surface area contributed by atoms with E-state index < -0.39 is 0 Å². The van der Waals surface area contributed by atoms with Crippen molar-refractivity contribution in [2.24, 2.45) is 0 Å². The van der Waals surface area contributed by atoms with Crippen LogP contribution in [0.5, 0.6) is 5.75 Å². The van der Waals surface area contributed by atoms with Crippen molar-refractivity contribution in [3.8, 4) is 17.1 Å². The summed E-state index contributed by atoms with van der Waals surface area (Å²) >= 11 is 0. The highest BCUT2D eigenvalue weighted by Crippen LogP contribution is 2.22. The number of para-hydroxylation sites is 2. The zero-order valence-electron chi connectivity index (χ0n) is 13.3. The number of benzene rings is 3. The van der Waals surface area contributed by atoms with Gasteiger partial charge in [0.1, 0.15) is 11.6 Å². The summed E-state index contributed by atoms with van der Waals surface area (Å²) in [5.74, 6) is 1.76. The van der Waals surface area contributed by atoms with Crippen LogP contribution in [0.4, 0.5) is 0 Å². The topological polar surface area (TPSA) is 37.9 Å². The second kappa shape index (κ2) is 6.59. The molecule has 0 fully saturated rings. The molecular formula is C21H18N2O. The Morgan fingerprint density at radius 2 is 1.54 bits per heavy atom. The van der Waals surface area contributed by atoms with E-state index in [-0.39, 0.29) is 0 Å². The maximum atomic E-state index is 5.83. The monoisotopic (exact) mass is 314 g/mol. The number of aromatic nitrogens is 2. The fraction of sp³-hybridized carbons (Fsp3) is 0.0952. The lowest BCUT2D eigenvalue weighted by Gasteiger charge is -2.06. The summed E-state index contributed by atoms with van der Waals surface area (Å²) in [6, 6.07) is 26.5. The molecule has 118 valence electrons. The zero-order chi connectivity index (χ0) is 16.2. The van der Waals surface area contributed by atoms with Gasteiger partial charge in [-0.3, -0.25) is 0 Å². The molecule has 0 unspecified atom stereocenters. The van der Waals surface area contributed by atoms with E-state index in [0.717, 1.165) is 34.6 Å². The molecule has 0 aliphatic rings. The second-order valence-corrected chi connectivity index (χ2v) is 5.71. The first-order valence-corrected chi connectivity index (χ1v) is 8.10. The number of nitrogens with zero attached hydrogens (tertiary/aromatic N) is 1. The quantitative estimate of drug-likeness (QED) is 0.572. The second-order valence-electron chi connectivity index (χ2n) is 5.71. The van der Waals surface area contributed by atoms with E-state index >= 15 is 0 Å². The van der Waals surface area contributed by atoms with Crippen LogP contribution in [0, 0.1) is 0 Å². The summed E-state index contributed by atoms with van der Waals surface area (Å²) in [4.78, 5) is 7.96. The van der Waals surface area contributed by atoms with Gasteiger partial charge < -0.3 is 9.72 Å². The Labute approximate surface area is 140 Å². The molecule has 0 aliphatic carbocycles. The van der Waals surface area contributed by atoms with Crippen LogP contribution in [0.1, 0.15) is 5.56 Å². The lowest BCUT2D eigenvalue weighted by atomic mass is 10.2. The molecule has 0 spiro atoms. The van der Waals surface area contributed by atoms with Gasteiger partial charge in [-0.15, -0.1) is 0 Å². The molecule has 0 aliphatic heterocycles. The van der Waals surface area contributed by atoms with Gasteiger partial charge in [0.25, 0.3) is 0 Å². The third kappa shape index (κ3) is 3.15. The van der Waals surface area contributed by atoms with Gasteiger partial charge >= 0.3 is 0 Å². The van der Waals surface area contributed by atoms with E-state index in [1.807, 2.05) is 54.6 Å². The number of hydrogen-bond donors (Lipinski definition) is 1. The first kappa shape index (κ1) is 14.5.